The third-order valence-corrected chi connectivity index (χ3v) is 4.14. The van der Waals surface area contributed by atoms with Crippen molar-refractivity contribution in [2.24, 2.45) is 5.92 Å². The predicted molar refractivity (Wildman–Crippen MR) is 77.2 cm³/mol. The van der Waals surface area contributed by atoms with E-state index >= 15 is 0 Å². The highest BCUT2D eigenvalue weighted by atomic mass is 16.5. The Morgan fingerprint density at radius 3 is 2.56 bits per heavy atom. The van der Waals surface area contributed by atoms with Crippen LogP contribution in [-0.4, -0.2) is 6.61 Å². The summed E-state index contributed by atoms with van der Waals surface area (Å²) >= 11 is 0. The molecule has 1 fully saturated rings. The summed E-state index contributed by atoms with van der Waals surface area (Å²) in [5.41, 5.74) is 1.51. The number of hydrogen-bond donors (Lipinski definition) is 0. The highest BCUT2D eigenvalue weighted by molar-refractivity contribution is 5.29. The van der Waals surface area contributed by atoms with Gasteiger partial charge in [0.25, 0.3) is 0 Å². The summed E-state index contributed by atoms with van der Waals surface area (Å²) in [5, 5.41) is 0. The fourth-order valence-corrected chi connectivity index (χ4v) is 3.27. The average molecular weight is 246 g/mol. The van der Waals surface area contributed by atoms with Crippen LogP contribution in [0, 0.1) is 5.92 Å². The van der Waals surface area contributed by atoms with Gasteiger partial charge >= 0.3 is 0 Å². The topological polar surface area (TPSA) is 9.23 Å². The molecule has 0 bridgehead atoms. The van der Waals surface area contributed by atoms with Gasteiger partial charge in [0.1, 0.15) is 5.75 Å². The number of rotatable bonds is 5. The van der Waals surface area contributed by atoms with Gasteiger partial charge in [-0.15, -0.1) is 0 Å². The number of hydrogen-bond acceptors (Lipinski definition) is 1. The van der Waals surface area contributed by atoms with E-state index < -0.39 is 0 Å². The quantitative estimate of drug-likeness (QED) is 0.697. The molecule has 0 amide bonds. The smallest absolute Gasteiger partial charge is 0.119 e. The molecule has 2 rings (SSSR count). The van der Waals surface area contributed by atoms with Gasteiger partial charge in [-0.1, -0.05) is 44.7 Å². The van der Waals surface area contributed by atoms with Crippen molar-refractivity contribution in [2.75, 3.05) is 6.61 Å². The van der Waals surface area contributed by atoms with E-state index in [1.807, 2.05) is 6.92 Å². The highest BCUT2D eigenvalue weighted by Crippen LogP contribution is 2.38. The van der Waals surface area contributed by atoms with Crippen LogP contribution in [0.15, 0.2) is 24.3 Å². The van der Waals surface area contributed by atoms with E-state index in [-0.39, 0.29) is 0 Å². The molecule has 0 saturated heterocycles. The first-order valence-corrected chi connectivity index (χ1v) is 7.56. The third kappa shape index (κ3) is 3.51. The Morgan fingerprint density at radius 1 is 1.11 bits per heavy atom. The molecule has 1 aliphatic carbocycles. The molecule has 1 saturated carbocycles. The monoisotopic (exact) mass is 246 g/mol. The van der Waals surface area contributed by atoms with Crippen molar-refractivity contribution in [3.8, 4) is 5.75 Å². The summed E-state index contributed by atoms with van der Waals surface area (Å²) in [6.45, 7) is 5.09. The summed E-state index contributed by atoms with van der Waals surface area (Å²) in [7, 11) is 0. The Hall–Kier alpha value is -0.980. The lowest BCUT2D eigenvalue weighted by Crippen LogP contribution is -2.14. The second kappa shape index (κ2) is 6.82. The van der Waals surface area contributed by atoms with E-state index in [1.165, 1.54) is 44.1 Å². The van der Waals surface area contributed by atoms with Crippen molar-refractivity contribution < 1.29 is 4.74 Å². The lowest BCUT2D eigenvalue weighted by Gasteiger charge is -2.29. The van der Waals surface area contributed by atoms with Gasteiger partial charge in [0.2, 0.25) is 0 Å². The molecule has 1 nitrogen and oxygen atoms in total. The molecule has 1 aliphatic rings. The molecular weight excluding hydrogens is 220 g/mol. The van der Waals surface area contributed by atoms with E-state index in [2.05, 4.69) is 31.2 Å². The van der Waals surface area contributed by atoms with Crippen LogP contribution in [-0.2, 0) is 0 Å². The molecule has 0 heterocycles. The lowest BCUT2D eigenvalue weighted by atomic mass is 9.76. The normalized spacial score (nSPS) is 23.9. The van der Waals surface area contributed by atoms with Crippen LogP contribution in [0.5, 0.6) is 5.75 Å². The maximum Gasteiger partial charge on any atom is 0.119 e. The van der Waals surface area contributed by atoms with Gasteiger partial charge in [-0.05, 0) is 49.3 Å². The maximum absolute atomic E-state index is 5.51. The average Bonchev–Trinajstić information content (AvgIpc) is 2.41. The minimum Gasteiger partial charge on any atom is -0.494 e. The minimum absolute atomic E-state index is 0.751. The van der Waals surface area contributed by atoms with E-state index in [4.69, 9.17) is 4.74 Å². The second-order valence-corrected chi connectivity index (χ2v) is 5.52. The lowest BCUT2D eigenvalue weighted by molar-refractivity contribution is 0.303. The molecule has 0 aliphatic heterocycles. The first-order chi connectivity index (χ1) is 8.83. The third-order valence-electron chi connectivity index (χ3n) is 4.14. The standard InChI is InChI=1S/C17H26O/c1-3-6-14-7-5-8-16(13-14)15-9-11-17(12-10-15)18-4-2/h9-12,14,16H,3-8,13H2,1-2H3. The second-order valence-electron chi connectivity index (χ2n) is 5.52. The fraction of sp³-hybridized carbons (Fsp3) is 0.647. The number of ether oxygens (including phenoxy) is 1. The highest BCUT2D eigenvalue weighted by Gasteiger charge is 2.22. The van der Waals surface area contributed by atoms with Gasteiger partial charge in [-0.3, -0.25) is 0 Å². The van der Waals surface area contributed by atoms with Crippen LogP contribution in [0.1, 0.15) is 63.9 Å². The molecule has 100 valence electrons. The van der Waals surface area contributed by atoms with E-state index in [0.29, 0.717) is 0 Å². The summed E-state index contributed by atoms with van der Waals surface area (Å²) in [5.74, 6) is 2.74. The van der Waals surface area contributed by atoms with Crippen LogP contribution in [0.4, 0.5) is 0 Å². The van der Waals surface area contributed by atoms with E-state index in [0.717, 1.165) is 24.2 Å². The van der Waals surface area contributed by atoms with Crippen molar-refractivity contribution >= 4 is 0 Å². The van der Waals surface area contributed by atoms with Gasteiger partial charge in [-0.25, -0.2) is 0 Å². The van der Waals surface area contributed by atoms with Crippen LogP contribution < -0.4 is 4.74 Å². The Kier molecular flexibility index (Phi) is 5.10. The van der Waals surface area contributed by atoms with E-state index in [9.17, 15) is 0 Å². The molecule has 0 N–H and O–H groups in total. The SMILES string of the molecule is CCCC1CCCC(c2ccc(OCC)cc2)C1. The molecular formula is C17H26O. The Balaban J connectivity index is 1.97. The molecule has 18 heavy (non-hydrogen) atoms. The Bertz CT molecular complexity index is 339. The molecule has 1 aromatic rings. The molecule has 2 atom stereocenters. The largest absolute Gasteiger partial charge is 0.494 e. The molecule has 0 radical (unpaired) electrons. The van der Waals surface area contributed by atoms with Crippen molar-refractivity contribution in [1.82, 2.24) is 0 Å². The zero-order valence-electron chi connectivity index (χ0n) is 11.8. The van der Waals surface area contributed by atoms with Crippen LogP contribution in [0.25, 0.3) is 0 Å². The molecule has 2 unspecified atom stereocenters. The first kappa shape index (κ1) is 13.5. The van der Waals surface area contributed by atoms with Gasteiger partial charge in [-0.2, -0.15) is 0 Å². The van der Waals surface area contributed by atoms with E-state index in [1.54, 1.807) is 0 Å². The summed E-state index contributed by atoms with van der Waals surface area (Å²) in [4.78, 5) is 0. The van der Waals surface area contributed by atoms with Crippen molar-refractivity contribution in [2.45, 2.75) is 58.3 Å². The Morgan fingerprint density at radius 2 is 1.89 bits per heavy atom. The van der Waals surface area contributed by atoms with Crippen molar-refractivity contribution in [3.05, 3.63) is 29.8 Å². The summed E-state index contributed by atoms with van der Waals surface area (Å²) in [6, 6.07) is 8.79. The van der Waals surface area contributed by atoms with Crippen molar-refractivity contribution in [3.63, 3.8) is 0 Å². The Labute approximate surface area is 112 Å². The van der Waals surface area contributed by atoms with Crippen LogP contribution in [0.3, 0.4) is 0 Å². The van der Waals surface area contributed by atoms with Crippen LogP contribution in [0.2, 0.25) is 0 Å². The summed E-state index contributed by atoms with van der Waals surface area (Å²) < 4.78 is 5.51. The van der Waals surface area contributed by atoms with Gasteiger partial charge in [0.05, 0.1) is 6.61 Å². The molecule has 0 aromatic heterocycles. The maximum atomic E-state index is 5.51. The molecule has 1 heteroatoms. The van der Waals surface area contributed by atoms with Gasteiger partial charge < -0.3 is 4.74 Å². The van der Waals surface area contributed by atoms with Crippen molar-refractivity contribution in [1.29, 1.82) is 0 Å². The fourth-order valence-electron chi connectivity index (χ4n) is 3.27. The molecule has 1 aromatic carbocycles. The predicted octanol–water partition coefficient (Wildman–Crippen LogP) is 5.16. The first-order valence-electron chi connectivity index (χ1n) is 7.56. The number of benzene rings is 1. The zero-order valence-corrected chi connectivity index (χ0v) is 11.8. The minimum atomic E-state index is 0.751. The van der Waals surface area contributed by atoms with Crippen LogP contribution >= 0.6 is 0 Å². The summed E-state index contributed by atoms with van der Waals surface area (Å²) in [6.07, 6.45) is 8.36. The zero-order chi connectivity index (χ0) is 12.8. The van der Waals surface area contributed by atoms with Gasteiger partial charge in [0.15, 0.2) is 0 Å². The molecule has 0 spiro atoms. The van der Waals surface area contributed by atoms with Gasteiger partial charge in [0, 0.05) is 0 Å².